The first kappa shape index (κ1) is 17.0. The first-order valence-corrected chi connectivity index (χ1v) is 8.00. The minimum atomic E-state index is -0.234. The molecule has 1 amide bonds. The van der Waals surface area contributed by atoms with E-state index in [2.05, 4.69) is 5.32 Å². The van der Waals surface area contributed by atoms with Crippen molar-refractivity contribution in [2.24, 2.45) is 0 Å². The van der Waals surface area contributed by atoms with E-state index in [0.717, 1.165) is 23.5 Å². The Balaban J connectivity index is 2.16. The topological polar surface area (TPSA) is 52.6 Å². The van der Waals surface area contributed by atoms with E-state index in [1.165, 1.54) is 0 Å². The highest BCUT2D eigenvalue weighted by Crippen LogP contribution is 2.23. The van der Waals surface area contributed by atoms with Crippen molar-refractivity contribution in [3.63, 3.8) is 0 Å². The highest BCUT2D eigenvalue weighted by atomic mass is 16.3. The molecule has 0 saturated carbocycles. The van der Waals surface area contributed by atoms with Crippen LogP contribution in [0.3, 0.4) is 0 Å². The van der Waals surface area contributed by atoms with E-state index in [4.69, 9.17) is 0 Å². The van der Waals surface area contributed by atoms with Crippen LogP contribution in [0.5, 0.6) is 0 Å². The Labute approximate surface area is 137 Å². The second kappa shape index (κ2) is 8.34. The summed E-state index contributed by atoms with van der Waals surface area (Å²) < 4.78 is 0. The molecule has 2 rings (SSSR count). The van der Waals surface area contributed by atoms with E-state index >= 15 is 0 Å². The number of hydrogen-bond acceptors (Lipinski definition) is 3. The number of rotatable bonds is 7. The summed E-state index contributed by atoms with van der Waals surface area (Å²) in [6.45, 7) is 3.77. The van der Waals surface area contributed by atoms with Crippen molar-refractivity contribution in [1.82, 2.24) is 0 Å². The molecule has 2 aromatic rings. The summed E-state index contributed by atoms with van der Waals surface area (Å²) in [5.41, 5.74) is 2.78. The van der Waals surface area contributed by atoms with Crippen molar-refractivity contribution in [2.75, 3.05) is 16.8 Å². The van der Waals surface area contributed by atoms with Gasteiger partial charge in [-0.25, -0.2) is 0 Å². The third kappa shape index (κ3) is 4.57. The van der Waals surface area contributed by atoms with Crippen LogP contribution in [-0.2, 0) is 4.79 Å². The second-order valence-electron chi connectivity index (χ2n) is 5.58. The van der Waals surface area contributed by atoms with Gasteiger partial charge < -0.3 is 15.3 Å². The smallest absolute Gasteiger partial charge is 0.227 e. The van der Waals surface area contributed by atoms with Crippen LogP contribution in [-0.4, -0.2) is 23.7 Å². The molecule has 0 aromatic heterocycles. The molecule has 0 aliphatic heterocycles. The molecule has 2 N–H and O–H groups in total. The van der Waals surface area contributed by atoms with Crippen LogP contribution in [0.25, 0.3) is 0 Å². The number of anilines is 3. The fourth-order valence-electron chi connectivity index (χ4n) is 2.45. The Morgan fingerprint density at radius 3 is 2.26 bits per heavy atom. The number of hydrogen-bond donors (Lipinski definition) is 2. The van der Waals surface area contributed by atoms with E-state index in [-0.39, 0.29) is 18.6 Å². The molecule has 0 radical (unpaired) electrons. The average Bonchev–Trinajstić information content (AvgIpc) is 2.57. The van der Waals surface area contributed by atoms with Crippen molar-refractivity contribution in [3.05, 3.63) is 54.6 Å². The number of nitrogens with one attached hydrogen (secondary N) is 1. The van der Waals surface area contributed by atoms with Gasteiger partial charge in [-0.2, -0.15) is 0 Å². The Bertz CT molecular complexity index is 611. The molecule has 0 spiro atoms. The van der Waals surface area contributed by atoms with Crippen LogP contribution in [0.2, 0.25) is 0 Å². The minimum absolute atomic E-state index is 0.0396. The van der Waals surface area contributed by atoms with Crippen LogP contribution >= 0.6 is 0 Å². The van der Waals surface area contributed by atoms with Crippen LogP contribution in [0, 0.1) is 0 Å². The summed E-state index contributed by atoms with van der Waals surface area (Å²) in [5.74, 6) is 0.0396. The van der Waals surface area contributed by atoms with Gasteiger partial charge in [0.15, 0.2) is 0 Å². The number of carbonyl (C=O) groups excluding carboxylic acids is 1. The monoisotopic (exact) mass is 312 g/mol. The summed E-state index contributed by atoms with van der Waals surface area (Å²) in [6.07, 6.45) is 1.27. The van der Waals surface area contributed by atoms with Crippen LogP contribution in [0.4, 0.5) is 17.1 Å². The van der Waals surface area contributed by atoms with Crippen LogP contribution < -0.4 is 10.2 Å². The second-order valence-corrected chi connectivity index (χ2v) is 5.58. The first-order valence-electron chi connectivity index (χ1n) is 8.00. The third-order valence-corrected chi connectivity index (χ3v) is 3.65. The lowest BCUT2D eigenvalue weighted by atomic mass is 10.1. The van der Waals surface area contributed by atoms with Gasteiger partial charge in [0, 0.05) is 23.5 Å². The molecule has 0 aliphatic rings. The lowest BCUT2D eigenvalue weighted by Crippen LogP contribution is -2.40. The summed E-state index contributed by atoms with van der Waals surface area (Å²) in [5, 5.41) is 12.7. The van der Waals surface area contributed by atoms with E-state index in [9.17, 15) is 9.90 Å². The van der Waals surface area contributed by atoms with Gasteiger partial charge >= 0.3 is 0 Å². The molecular formula is C19H24N2O2. The molecule has 4 nitrogen and oxygen atoms in total. The van der Waals surface area contributed by atoms with Crippen molar-refractivity contribution >= 4 is 23.0 Å². The highest BCUT2D eigenvalue weighted by molar-refractivity contribution is 5.94. The van der Waals surface area contributed by atoms with Gasteiger partial charge in [0.2, 0.25) is 5.91 Å². The van der Waals surface area contributed by atoms with E-state index < -0.39 is 0 Å². The Hall–Kier alpha value is -2.33. The van der Waals surface area contributed by atoms with Gasteiger partial charge in [-0.1, -0.05) is 25.1 Å². The molecule has 2 aromatic carbocycles. The van der Waals surface area contributed by atoms with Crippen molar-refractivity contribution in [1.29, 1.82) is 0 Å². The summed E-state index contributed by atoms with van der Waals surface area (Å²) in [4.78, 5) is 14.0. The molecule has 1 unspecified atom stereocenters. The lowest BCUT2D eigenvalue weighted by Gasteiger charge is -2.28. The number of nitrogens with zero attached hydrogens (tertiary/aromatic N) is 1. The zero-order valence-electron chi connectivity index (χ0n) is 13.7. The first-order chi connectivity index (χ1) is 11.2. The maximum atomic E-state index is 12.3. The quantitative estimate of drug-likeness (QED) is 0.814. The summed E-state index contributed by atoms with van der Waals surface area (Å²) in [7, 11) is 0. The Kier molecular flexibility index (Phi) is 6.18. The van der Waals surface area contributed by atoms with Crippen LogP contribution in [0.15, 0.2) is 54.6 Å². The molecule has 0 bridgehead atoms. The van der Waals surface area contributed by atoms with Gasteiger partial charge in [-0.3, -0.25) is 4.79 Å². The zero-order chi connectivity index (χ0) is 16.7. The van der Waals surface area contributed by atoms with E-state index in [0.29, 0.717) is 6.42 Å². The molecule has 0 fully saturated rings. The van der Waals surface area contributed by atoms with Crippen molar-refractivity contribution in [3.8, 4) is 0 Å². The molecule has 122 valence electrons. The van der Waals surface area contributed by atoms with Gasteiger partial charge in [-0.15, -0.1) is 0 Å². The van der Waals surface area contributed by atoms with Gasteiger partial charge in [-0.05, 0) is 49.7 Å². The van der Waals surface area contributed by atoms with Crippen molar-refractivity contribution < 1.29 is 9.90 Å². The molecule has 1 atom stereocenters. The SMILES string of the molecule is CCCC(=O)N(c1ccc(Nc2ccccc2)cc1)C(C)CO. The molecule has 4 heteroatoms. The number of carbonyl (C=O) groups is 1. The normalized spacial score (nSPS) is 11.8. The molecule has 0 heterocycles. The lowest BCUT2D eigenvalue weighted by molar-refractivity contribution is -0.119. The maximum absolute atomic E-state index is 12.3. The number of aliphatic hydroxyl groups excluding tert-OH is 1. The minimum Gasteiger partial charge on any atom is -0.394 e. The Morgan fingerprint density at radius 2 is 1.70 bits per heavy atom. The van der Waals surface area contributed by atoms with Gasteiger partial charge in [0.25, 0.3) is 0 Å². The zero-order valence-corrected chi connectivity index (χ0v) is 13.7. The standard InChI is InChI=1S/C19H24N2O2/c1-3-7-19(23)21(15(2)14-22)18-12-10-17(11-13-18)20-16-8-5-4-6-9-16/h4-6,8-13,15,20,22H,3,7,14H2,1-2H3. The van der Waals surface area contributed by atoms with Crippen molar-refractivity contribution in [2.45, 2.75) is 32.7 Å². The average molecular weight is 312 g/mol. The Morgan fingerprint density at radius 1 is 1.09 bits per heavy atom. The third-order valence-electron chi connectivity index (χ3n) is 3.65. The largest absolute Gasteiger partial charge is 0.394 e. The molecule has 0 aliphatic carbocycles. The molecular weight excluding hydrogens is 288 g/mol. The number of para-hydroxylation sites is 1. The number of amides is 1. The van der Waals surface area contributed by atoms with Gasteiger partial charge in [0.05, 0.1) is 12.6 Å². The maximum Gasteiger partial charge on any atom is 0.227 e. The molecule has 0 saturated heterocycles. The fraction of sp³-hybridized carbons (Fsp3) is 0.316. The van der Waals surface area contributed by atoms with E-state index in [1.807, 2.05) is 68.4 Å². The summed E-state index contributed by atoms with van der Waals surface area (Å²) >= 11 is 0. The predicted octanol–water partition coefficient (Wildman–Crippen LogP) is 3.94. The molecule has 23 heavy (non-hydrogen) atoms. The summed E-state index contributed by atoms with van der Waals surface area (Å²) in [6, 6.07) is 17.4. The van der Waals surface area contributed by atoms with E-state index in [1.54, 1.807) is 4.90 Å². The fourth-order valence-corrected chi connectivity index (χ4v) is 2.45. The number of aliphatic hydroxyl groups is 1. The number of benzene rings is 2. The van der Waals surface area contributed by atoms with Crippen LogP contribution in [0.1, 0.15) is 26.7 Å². The predicted molar refractivity (Wildman–Crippen MR) is 95.1 cm³/mol. The van der Waals surface area contributed by atoms with Gasteiger partial charge in [0.1, 0.15) is 0 Å². The highest BCUT2D eigenvalue weighted by Gasteiger charge is 2.20.